The average molecular weight is 474 g/mol. The van der Waals surface area contributed by atoms with Crippen molar-refractivity contribution in [3.8, 4) is 0 Å². The number of nitrogens with zero attached hydrogens (tertiary/aromatic N) is 2. The van der Waals surface area contributed by atoms with Gasteiger partial charge in [0.05, 0.1) is 17.2 Å². The van der Waals surface area contributed by atoms with Crippen LogP contribution in [0.25, 0.3) is 16.5 Å². The van der Waals surface area contributed by atoms with Gasteiger partial charge in [-0.25, -0.2) is 9.97 Å². The zero-order valence-corrected chi connectivity index (χ0v) is 22.3. The highest BCUT2D eigenvalue weighted by Gasteiger charge is 2.58. The van der Waals surface area contributed by atoms with Crippen molar-refractivity contribution >= 4 is 22.4 Å². The van der Waals surface area contributed by atoms with Gasteiger partial charge >= 0.3 is 0 Å². The minimum absolute atomic E-state index is 0.0321. The van der Waals surface area contributed by atoms with Crippen LogP contribution in [0.4, 0.5) is 5.95 Å². The number of allylic oxidation sites excluding steroid dienone is 2. The molecule has 188 valence electrons. The minimum atomic E-state index is -0.0321. The average Bonchev–Trinajstić information content (AvgIpc) is 3.15. The van der Waals surface area contributed by atoms with Crippen molar-refractivity contribution in [1.82, 2.24) is 9.97 Å². The number of rotatable bonds is 2. The molecule has 35 heavy (non-hydrogen) atoms. The van der Waals surface area contributed by atoms with Gasteiger partial charge in [0, 0.05) is 11.6 Å². The number of aromatic nitrogens is 2. The van der Waals surface area contributed by atoms with Crippen molar-refractivity contribution < 1.29 is 4.74 Å². The number of hydrogen-bond donors (Lipinski definition) is 1. The van der Waals surface area contributed by atoms with Crippen LogP contribution in [-0.2, 0) is 4.74 Å². The van der Waals surface area contributed by atoms with Crippen molar-refractivity contribution in [3.05, 3.63) is 36.0 Å². The quantitative estimate of drug-likeness (QED) is 0.492. The molecule has 6 rings (SSSR count). The zero-order chi connectivity index (χ0) is 24.6. The van der Waals surface area contributed by atoms with Crippen LogP contribution in [0.3, 0.4) is 0 Å². The number of ether oxygens (including phenoxy) is 1. The van der Waals surface area contributed by atoms with E-state index in [1.165, 1.54) is 56.9 Å². The molecule has 4 nitrogen and oxygen atoms in total. The largest absolute Gasteiger partial charge is 0.373 e. The molecule has 0 amide bonds. The molecule has 0 bridgehead atoms. The number of nitrogens with two attached hydrogens (primary N) is 1. The van der Waals surface area contributed by atoms with Crippen molar-refractivity contribution in [3.63, 3.8) is 0 Å². The standard InChI is InChI=1S/C31H43N3O/c1-29(2,3)35-22-12-14-30(4)21(17-22)7-8-23-25-10-9-24(31(25,5)15-13-26(23)30)19-6-11-27-20(16-19)18-33-28(32)34-27/h6,9,11,16,18,21-23,25-26H,7-8,10,12-15,17H2,1-5H3,(H2,32,33,34)/t21-,22-,23-,25-,26-,30-,31+/m0/s1. The lowest BCUT2D eigenvalue weighted by molar-refractivity contribution is -0.148. The van der Waals surface area contributed by atoms with Crippen molar-refractivity contribution in [2.75, 3.05) is 5.73 Å². The summed E-state index contributed by atoms with van der Waals surface area (Å²) in [5, 5.41) is 1.08. The number of fused-ring (bicyclic) bond motifs is 6. The maximum atomic E-state index is 6.47. The Hall–Kier alpha value is -1.94. The van der Waals surface area contributed by atoms with Gasteiger partial charge in [0.2, 0.25) is 5.95 Å². The number of benzene rings is 1. The predicted octanol–water partition coefficient (Wildman–Crippen LogP) is 7.43. The molecular weight excluding hydrogens is 430 g/mol. The van der Waals surface area contributed by atoms with Gasteiger partial charge in [-0.3, -0.25) is 0 Å². The smallest absolute Gasteiger partial charge is 0.220 e. The van der Waals surface area contributed by atoms with E-state index in [4.69, 9.17) is 10.5 Å². The molecule has 0 aliphatic heterocycles. The molecule has 4 aliphatic carbocycles. The summed E-state index contributed by atoms with van der Waals surface area (Å²) in [7, 11) is 0. The van der Waals surface area contributed by atoms with Gasteiger partial charge in [-0.2, -0.15) is 0 Å². The molecule has 1 aromatic heterocycles. The van der Waals surface area contributed by atoms with E-state index in [2.05, 4.69) is 68.9 Å². The number of nitrogen functional groups attached to an aromatic ring is 1. The Morgan fingerprint density at radius 1 is 1.03 bits per heavy atom. The Kier molecular flexibility index (Phi) is 5.38. The second-order valence-electron chi connectivity index (χ2n) is 13.6. The molecule has 3 saturated carbocycles. The van der Waals surface area contributed by atoms with Crippen molar-refractivity contribution in [2.45, 2.75) is 97.7 Å². The maximum absolute atomic E-state index is 6.47. The summed E-state index contributed by atoms with van der Waals surface area (Å²) in [6.45, 7) is 11.9. The third kappa shape index (κ3) is 3.82. The Bertz CT molecular complexity index is 1170. The van der Waals surface area contributed by atoms with Gasteiger partial charge in [0.25, 0.3) is 0 Å². The second kappa shape index (κ2) is 8.03. The van der Waals surface area contributed by atoms with Crippen LogP contribution < -0.4 is 5.73 Å². The Morgan fingerprint density at radius 2 is 1.86 bits per heavy atom. The summed E-state index contributed by atoms with van der Waals surface area (Å²) in [5.74, 6) is 3.67. The van der Waals surface area contributed by atoms with Crippen LogP contribution in [0.5, 0.6) is 0 Å². The van der Waals surface area contributed by atoms with Gasteiger partial charge in [0.1, 0.15) is 0 Å². The monoisotopic (exact) mass is 473 g/mol. The van der Waals surface area contributed by atoms with Crippen molar-refractivity contribution in [2.24, 2.45) is 34.5 Å². The normalized spacial score (nSPS) is 39.0. The van der Waals surface area contributed by atoms with Crippen LogP contribution in [-0.4, -0.2) is 21.7 Å². The molecule has 3 fully saturated rings. The van der Waals surface area contributed by atoms with E-state index in [-0.39, 0.29) is 11.0 Å². The highest BCUT2D eigenvalue weighted by molar-refractivity contribution is 5.85. The summed E-state index contributed by atoms with van der Waals surface area (Å²) in [6, 6.07) is 6.67. The first-order valence-electron chi connectivity index (χ1n) is 14.0. The van der Waals surface area contributed by atoms with E-state index in [9.17, 15) is 0 Å². The Morgan fingerprint density at radius 3 is 2.66 bits per heavy atom. The SMILES string of the molecule is CC(C)(C)O[C@H]1CC[C@@]2(C)[C@@H](CC[C@@H]3[C@@H]2CC[C@]2(C)C(c4ccc5nc(N)ncc5c4)=CC[C@@H]32)C1. The Labute approximate surface area is 211 Å². The van der Waals surface area contributed by atoms with Gasteiger partial charge in [0.15, 0.2) is 0 Å². The molecule has 4 aliphatic rings. The van der Waals surface area contributed by atoms with E-state index in [1.54, 1.807) is 5.57 Å². The maximum Gasteiger partial charge on any atom is 0.220 e. The summed E-state index contributed by atoms with van der Waals surface area (Å²) in [6.07, 6.45) is 15.5. The lowest BCUT2D eigenvalue weighted by Crippen LogP contribution is -2.54. The first kappa shape index (κ1) is 23.5. The van der Waals surface area contributed by atoms with Crippen LogP contribution in [0.2, 0.25) is 0 Å². The third-order valence-corrected chi connectivity index (χ3v) is 10.6. The van der Waals surface area contributed by atoms with E-state index in [1.807, 2.05) is 6.20 Å². The lowest BCUT2D eigenvalue weighted by Gasteiger charge is -2.61. The van der Waals surface area contributed by atoms with Crippen LogP contribution >= 0.6 is 0 Å². The Balaban J connectivity index is 1.23. The predicted molar refractivity (Wildman–Crippen MR) is 144 cm³/mol. The first-order valence-corrected chi connectivity index (χ1v) is 14.0. The summed E-state index contributed by atoms with van der Waals surface area (Å²) in [4.78, 5) is 8.64. The van der Waals surface area contributed by atoms with Gasteiger partial charge < -0.3 is 10.5 Å². The van der Waals surface area contributed by atoms with Crippen molar-refractivity contribution in [1.29, 1.82) is 0 Å². The molecule has 2 aromatic rings. The lowest BCUT2D eigenvalue weighted by atomic mass is 9.44. The topological polar surface area (TPSA) is 61.0 Å². The van der Waals surface area contributed by atoms with E-state index in [0.29, 0.717) is 17.5 Å². The fourth-order valence-corrected chi connectivity index (χ4v) is 9.06. The van der Waals surface area contributed by atoms with E-state index >= 15 is 0 Å². The molecule has 4 heteroatoms. The van der Waals surface area contributed by atoms with Gasteiger partial charge in [-0.15, -0.1) is 0 Å². The number of hydrogen-bond acceptors (Lipinski definition) is 4. The van der Waals surface area contributed by atoms with Crippen LogP contribution in [0.15, 0.2) is 30.5 Å². The molecule has 0 unspecified atom stereocenters. The van der Waals surface area contributed by atoms with E-state index < -0.39 is 0 Å². The molecule has 0 saturated heterocycles. The molecule has 0 spiro atoms. The summed E-state index contributed by atoms with van der Waals surface area (Å²) < 4.78 is 6.47. The number of anilines is 1. The molecular formula is C31H43N3O. The van der Waals surface area contributed by atoms with Crippen LogP contribution in [0, 0.1) is 34.5 Å². The molecule has 2 N–H and O–H groups in total. The van der Waals surface area contributed by atoms with Gasteiger partial charge in [-0.05, 0) is 130 Å². The highest BCUT2D eigenvalue weighted by Crippen LogP contribution is 2.67. The molecule has 7 atom stereocenters. The highest BCUT2D eigenvalue weighted by atomic mass is 16.5. The summed E-state index contributed by atoms with van der Waals surface area (Å²) >= 11 is 0. The fourth-order valence-electron chi connectivity index (χ4n) is 9.06. The zero-order valence-electron chi connectivity index (χ0n) is 22.3. The fraction of sp³-hybridized carbons (Fsp3) is 0.677. The van der Waals surface area contributed by atoms with Crippen LogP contribution in [0.1, 0.15) is 91.5 Å². The van der Waals surface area contributed by atoms with Gasteiger partial charge in [-0.1, -0.05) is 26.0 Å². The minimum Gasteiger partial charge on any atom is -0.373 e. The third-order valence-electron chi connectivity index (χ3n) is 10.6. The first-order chi connectivity index (χ1) is 16.6. The van der Waals surface area contributed by atoms with E-state index in [0.717, 1.165) is 34.6 Å². The molecule has 1 heterocycles. The second-order valence-corrected chi connectivity index (χ2v) is 13.6. The molecule has 1 aromatic carbocycles. The summed E-state index contributed by atoms with van der Waals surface area (Å²) in [5.41, 5.74) is 10.4. The molecule has 0 radical (unpaired) electrons.